The van der Waals surface area contributed by atoms with Crippen LogP contribution in [0.4, 0.5) is 5.69 Å². The van der Waals surface area contributed by atoms with Crippen molar-refractivity contribution in [2.45, 2.75) is 19.9 Å². The SMILES string of the molecule is CC(C)n1cccc1C(=O)Nc1c(Cl)ncnc1Cl. The Hall–Kier alpha value is -1.59. The number of carbonyl (C=O) groups excluding carboxylic acids is 1. The lowest BCUT2D eigenvalue weighted by atomic mass is 10.3. The van der Waals surface area contributed by atoms with Gasteiger partial charge in [0.2, 0.25) is 0 Å². The van der Waals surface area contributed by atoms with Crippen LogP contribution in [0.1, 0.15) is 30.4 Å². The van der Waals surface area contributed by atoms with Crippen LogP contribution in [0.2, 0.25) is 10.3 Å². The van der Waals surface area contributed by atoms with Crippen LogP contribution in [0.3, 0.4) is 0 Å². The first-order chi connectivity index (χ1) is 9.00. The molecular weight excluding hydrogens is 287 g/mol. The van der Waals surface area contributed by atoms with Gasteiger partial charge in [-0.15, -0.1) is 0 Å². The zero-order chi connectivity index (χ0) is 14.0. The van der Waals surface area contributed by atoms with E-state index in [0.29, 0.717) is 5.69 Å². The van der Waals surface area contributed by atoms with Gasteiger partial charge in [-0.2, -0.15) is 0 Å². The van der Waals surface area contributed by atoms with E-state index in [0.717, 1.165) is 0 Å². The van der Waals surface area contributed by atoms with Gasteiger partial charge in [0.05, 0.1) is 0 Å². The number of halogens is 2. The van der Waals surface area contributed by atoms with Crippen LogP contribution in [-0.2, 0) is 0 Å². The molecule has 19 heavy (non-hydrogen) atoms. The van der Waals surface area contributed by atoms with Crippen molar-refractivity contribution in [3.63, 3.8) is 0 Å². The smallest absolute Gasteiger partial charge is 0.272 e. The highest BCUT2D eigenvalue weighted by atomic mass is 35.5. The number of aromatic nitrogens is 3. The van der Waals surface area contributed by atoms with Crippen LogP contribution >= 0.6 is 23.2 Å². The van der Waals surface area contributed by atoms with Crippen molar-refractivity contribution in [3.8, 4) is 0 Å². The van der Waals surface area contributed by atoms with Gasteiger partial charge in [-0.25, -0.2) is 9.97 Å². The molecule has 7 heteroatoms. The summed E-state index contributed by atoms with van der Waals surface area (Å²) in [5, 5.41) is 2.84. The third-order valence-corrected chi connectivity index (χ3v) is 3.13. The molecule has 0 saturated heterocycles. The molecule has 0 aromatic carbocycles. The topological polar surface area (TPSA) is 59.8 Å². The van der Waals surface area contributed by atoms with E-state index in [4.69, 9.17) is 23.2 Å². The molecule has 0 unspecified atom stereocenters. The molecule has 1 N–H and O–H groups in total. The fourth-order valence-electron chi connectivity index (χ4n) is 1.66. The van der Waals surface area contributed by atoms with Crippen molar-refractivity contribution in [2.24, 2.45) is 0 Å². The molecule has 2 aromatic rings. The van der Waals surface area contributed by atoms with E-state index in [1.54, 1.807) is 12.1 Å². The maximum Gasteiger partial charge on any atom is 0.272 e. The summed E-state index contributed by atoms with van der Waals surface area (Å²) >= 11 is 11.8. The Morgan fingerprint density at radius 2 is 1.95 bits per heavy atom. The lowest BCUT2D eigenvalue weighted by molar-refractivity contribution is 0.101. The van der Waals surface area contributed by atoms with Gasteiger partial charge in [0.25, 0.3) is 5.91 Å². The van der Waals surface area contributed by atoms with Crippen molar-refractivity contribution >= 4 is 34.8 Å². The van der Waals surface area contributed by atoms with E-state index >= 15 is 0 Å². The minimum absolute atomic E-state index is 0.107. The number of amides is 1. The number of hydrogen-bond donors (Lipinski definition) is 1. The molecule has 0 atom stereocenters. The van der Waals surface area contributed by atoms with Crippen LogP contribution in [0.5, 0.6) is 0 Å². The standard InChI is InChI=1S/C12H12Cl2N4O/c1-7(2)18-5-3-4-8(18)12(19)17-9-10(13)15-6-16-11(9)14/h3-7H,1-2H3,(H,17,19). The van der Waals surface area contributed by atoms with Crippen LogP contribution in [0.15, 0.2) is 24.7 Å². The molecule has 1 amide bonds. The van der Waals surface area contributed by atoms with Crippen LogP contribution < -0.4 is 5.32 Å². The molecule has 2 rings (SSSR count). The normalized spacial score (nSPS) is 10.8. The highest BCUT2D eigenvalue weighted by Gasteiger charge is 2.16. The summed E-state index contributed by atoms with van der Waals surface area (Å²) in [5.41, 5.74) is 0.735. The third-order valence-electron chi connectivity index (χ3n) is 2.56. The Morgan fingerprint density at radius 1 is 1.32 bits per heavy atom. The van der Waals surface area contributed by atoms with E-state index in [1.807, 2.05) is 24.6 Å². The molecule has 2 heterocycles. The van der Waals surface area contributed by atoms with Gasteiger partial charge in [0.15, 0.2) is 10.3 Å². The minimum atomic E-state index is -0.308. The molecule has 0 aliphatic carbocycles. The van der Waals surface area contributed by atoms with Crippen molar-refractivity contribution in [1.82, 2.24) is 14.5 Å². The van der Waals surface area contributed by atoms with Gasteiger partial charge in [0, 0.05) is 12.2 Å². The lowest BCUT2D eigenvalue weighted by Gasteiger charge is -2.13. The average Bonchev–Trinajstić information content (AvgIpc) is 2.83. The van der Waals surface area contributed by atoms with Crippen LogP contribution in [0, 0.1) is 0 Å². The van der Waals surface area contributed by atoms with E-state index in [2.05, 4.69) is 15.3 Å². The molecule has 2 aromatic heterocycles. The van der Waals surface area contributed by atoms with Crippen LogP contribution in [-0.4, -0.2) is 20.4 Å². The molecule has 0 spiro atoms. The molecule has 0 fully saturated rings. The zero-order valence-electron chi connectivity index (χ0n) is 10.4. The number of nitrogens with one attached hydrogen (secondary N) is 1. The zero-order valence-corrected chi connectivity index (χ0v) is 11.9. The van der Waals surface area contributed by atoms with Crippen molar-refractivity contribution in [2.75, 3.05) is 5.32 Å². The Balaban J connectivity index is 2.29. The first-order valence-corrected chi connectivity index (χ1v) is 6.40. The second-order valence-electron chi connectivity index (χ2n) is 4.18. The van der Waals surface area contributed by atoms with Gasteiger partial charge in [-0.3, -0.25) is 4.79 Å². The van der Waals surface area contributed by atoms with Crippen molar-refractivity contribution < 1.29 is 4.79 Å². The maximum atomic E-state index is 12.2. The fraction of sp³-hybridized carbons (Fsp3) is 0.250. The fourth-order valence-corrected chi connectivity index (χ4v) is 2.07. The van der Waals surface area contributed by atoms with E-state index in [1.165, 1.54) is 6.33 Å². The summed E-state index contributed by atoms with van der Waals surface area (Å²) in [5.74, 6) is -0.308. The summed E-state index contributed by atoms with van der Waals surface area (Å²) in [6.45, 7) is 3.98. The number of rotatable bonds is 3. The maximum absolute atomic E-state index is 12.2. The number of anilines is 1. The monoisotopic (exact) mass is 298 g/mol. The van der Waals surface area contributed by atoms with E-state index in [-0.39, 0.29) is 27.9 Å². The predicted octanol–water partition coefficient (Wildman–Crippen LogP) is 3.42. The van der Waals surface area contributed by atoms with Gasteiger partial charge in [-0.05, 0) is 26.0 Å². The first-order valence-electron chi connectivity index (χ1n) is 5.65. The molecule has 0 aliphatic heterocycles. The summed E-state index contributed by atoms with van der Waals surface area (Å²) in [4.78, 5) is 19.8. The summed E-state index contributed by atoms with van der Waals surface area (Å²) < 4.78 is 1.85. The van der Waals surface area contributed by atoms with E-state index in [9.17, 15) is 4.79 Å². The summed E-state index contributed by atoms with van der Waals surface area (Å²) in [6, 6.07) is 3.70. The van der Waals surface area contributed by atoms with Crippen LogP contribution in [0.25, 0.3) is 0 Å². The lowest BCUT2D eigenvalue weighted by Crippen LogP contribution is -2.18. The van der Waals surface area contributed by atoms with Crippen molar-refractivity contribution in [3.05, 3.63) is 40.7 Å². The third kappa shape index (κ3) is 2.88. The molecular formula is C12H12Cl2N4O. The second-order valence-corrected chi connectivity index (χ2v) is 4.89. The second kappa shape index (κ2) is 5.59. The largest absolute Gasteiger partial charge is 0.341 e. The molecule has 0 aliphatic rings. The van der Waals surface area contributed by atoms with Gasteiger partial charge in [-0.1, -0.05) is 23.2 Å². The highest BCUT2D eigenvalue weighted by molar-refractivity contribution is 6.38. The number of carbonyl (C=O) groups is 1. The number of nitrogens with zero attached hydrogens (tertiary/aromatic N) is 3. The van der Waals surface area contributed by atoms with E-state index < -0.39 is 0 Å². The van der Waals surface area contributed by atoms with Gasteiger partial charge in [0.1, 0.15) is 17.7 Å². The average molecular weight is 299 g/mol. The highest BCUT2D eigenvalue weighted by Crippen LogP contribution is 2.26. The Morgan fingerprint density at radius 3 is 2.53 bits per heavy atom. The quantitative estimate of drug-likeness (QED) is 0.883. The predicted molar refractivity (Wildman–Crippen MR) is 74.8 cm³/mol. The summed E-state index contributed by atoms with van der Waals surface area (Å²) in [6.07, 6.45) is 3.07. The Labute approximate surface area is 120 Å². The Bertz CT molecular complexity index is 589. The minimum Gasteiger partial charge on any atom is -0.341 e. The van der Waals surface area contributed by atoms with Gasteiger partial charge < -0.3 is 9.88 Å². The number of hydrogen-bond acceptors (Lipinski definition) is 3. The summed E-state index contributed by atoms with van der Waals surface area (Å²) in [7, 11) is 0. The molecule has 0 saturated carbocycles. The molecule has 0 radical (unpaired) electrons. The molecule has 5 nitrogen and oxygen atoms in total. The molecule has 0 bridgehead atoms. The Kier molecular flexibility index (Phi) is 4.07. The molecule has 100 valence electrons. The first kappa shape index (κ1) is 13.8. The van der Waals surface area contributed by atoms with Gasteiger partial charge >= 0.3 is 0 Å². The van der Waals surface area contributed by atoms with Crippen molar-refractivity contribution in [1.29, 1.82) is 0 Å².